The molecule has 1 aromatic heterocycles. The number of ether oxygens (including phenoxy) is 1. The number of aryl methyl sites for hydroxylation is 3. The van der Waals surface area contributed by atoms with Gasteiger partial charge in [0.25, 0.3) is 0 Å². The molecule has 0 aliphatic heterocycles. The zero-order chi connectivity index (χ0) is 22.0. The fourth-order valence-corrected chi connectivity index (χ4v) is 4.47. The number of aromatic nitrogens is 1. The van der Waals surface area contributed by atoms with Gasteiger partial charge in [-0.1, -0.05) is 42.0 Å². The summed E-state index contributed by atoms with van der Waals surface area (Å²) in [5.41, 5.74) is 9.16. The van der Waals surface area contributed by atoms with Crippen molar-refractivity contribution in [2.24, 2.45) is 0 Å². The van der Waals surface area contributed by atoms with Crippen molar-refractivity contribution < 1.29 is 14.6 Å². The van der Waals surface area contributed by atoms with Crippen molar-refractivity contribution in [3.63, 3.8) is 0 Å². The van der Waals surface area contributed by atoms with E-state index in [1.54, 1.807) is 6.07 Å². The molecule has 0 radical (unpaired) electrons. The van der Waals surface area contributed by atoms with Gasteiger partial charge in [0.2, 0.25) is 0 Å². The number of allylic oxidation sites excluding steroid dienone is 2. The van der Waals surface area contributed by atoms with Gasteiger partial charge in [0.05, 0.1) is 5.69 Å². The predicted molar refractivity (Wildman–Crippen MR) is 123 cm³/mol. The van der Waals surface area contributed by atoms with Gasteiger partial charge in [-0.2, -0.15) is 0 Å². The lowest BCUT2D eigenvalue weighted by atomic mass is 9.98. The molecule has 3 aromatic rings. The molecular formula is C27H27NO3. The first-order valence-corrected chi connectivity index (χ1v) is 10.7. The summed E-state index contributed by atoms with van der Waals surface area (Å²) in [6, 6.07) is 17.7. The molecule has 0 spiro atoms. The minimum atomic E-state index is -1.01. The molecule has 0 fully saturated rings. The second-order valence-corrected chi connectivity index (χ2v) is 8.19. The summed E-state index contributed by atoms with van der Waals surface area (Å²) in [4.78, 5) is 15.8. The molecule has 4 heteroatoms. The number of carbonyl (C=O) groups is 1. The Morgan fingerprint density at radius 1 is 0.968 bits per heavy atom. The molecule has 1 aliphatic rings. The average molecular weight is 414 g/mol. The van der Waals surface area contributed by atoms with Crippen molar-refractivity contribution >= 4 is 17.1 Å². The Labute approximate surface area is 183 Å². The van der Waals surface area contributed by atoms with Crippen molar-refractivity contribution in [1.82, 2.24) is 4.98 Å². The van der Waals surface area contributed by atoms with Gasteiger partial charge in [-0.25, -0.2) is 9.78 Å². The molecule has 2 aromatic carbocycles. The molecule has 0 atom stereocenters. The van der Waals surface area contributed by atoms with Crippen LogP contribution < -0.4 is 4.74 Å². The third kappa shape index (κ3) is 4.38. The number of nitrogens with zero attached hydrogens (tertiary/aromatic N) is 1. The lowest BCUT2D eigenvalue weighted by Gasteiger charge is -2.16. The average Bonchev–Trinajstić information content (AvgIpc) is 3.23. The fraction of sp³-hybridized carbons (Fsp3) is 0.259. The van der Waals surface area contributed by atoms with Crippen LogP contribution in [0.2, 0.25) is 0 Å². The number of aromatic carboxylic acids is 1. The van der Waals surface area contributed by atoms with Crippen molar-refractivity contribution in [1.29, 1.82) is 0 Å². The van der Waals surface area contributed by atoms with Crippen LogP contribution in [0.4, 0.5) is 0 Å². The molecule has 0 saturated heterocycles. The molecule has 4 rings (SSSR count). The Bertz CT molecular complexity index is 1150. The minimum Gasteiger partial charge on any atom is -0.488 e. The predicted octanol–water partition coefficient (Wildman–Crippen LogP) is 6.38. The number of pyridine rings is 1. The number of rotatable bonds is 6. The minimum absolute atomic E-state index is 0.0751. The first-order valence-electron chi connectivity index (χ1n) is 10.7. The van der Waals surface area contributed by atoms with E-state index >= 15 is 0 Å². The maximum Gasteiger partial charge on any atom is 0.354 e. The van der Waals surface area contributed by atoms with Gasteiger partial charge in [0, 0.05) is 5.56 Å². The molecule has 0 amide bonds. The highest BCUT2D eigenvalue weighted by Gasteiger charge is 2.22. The molecule has 0 saturated carbocycles. The van der Waals surface area contributed by atoms with Gasteiger partial charge in [0.15, 0.2) is 0 Å². The van der Waals surface area contributed by atoms with E-state index < -0.39 is 5.97 Å². The van der Waals surface area contributed by atoms with E-state index in [0.29, 0.717) is 6.61 Å². The summed E-state index contributed by atoms with van der Waals surface area (Å²) in [6.45, 7) is 6.89. The lowest BCUT2D eigenvalue weighted by Crippen LogP contribution is -2.04. The normalized spacial score (nSPS) is 13.5. The van der Waals surface area contributed by atoms with Crippen LogP contribution in [0.1, 0.15) is 63.3 Å². The van der Waals surface area contributed by atoms with E-state index in [2.05, 4.69) is 44.0 Å². The second kappa shape index (κ2) is 8.76. The Kier molecular flexibility index (Phi) is 5.90. The van der Waals surface area contributed by atoms with Crippen molar-refractivity contribution in [3.8, 4) is 5.75 Å². The second-order valence-electron chi connectivity index (χ2n) is 8.19. The van der Waals surface area contributed by atoms with Crippen molar-refractivity contribution in [2.75, 3.05) is 0 Å². The summed E-state index contributed by atoms with van der Waals surface area (Å²) >= 11 is 0. The van der Waals surface area contributed by atoms with Crippen LogP contribution in [0, 0.1) is 20.8 Å². The first-order chi connectivity index (χ1) is 14.9. The van der Waals surface area contributed by atoms with E-state index in [9.17, 15) is 9.90 Å². The molecule has 1 N–H and O–H groups in total. The highest BCUT2D eigenvalue weighted by Crippen LogP contribution is 2.42. The third-order valence-electron chi connectivity index (χ3n) is 5.92. The maximum atomic E-state index is 11.4. The molecular weight excluding hydrogens is 386 g/mol. The van der Waals surface area contributed by atoms with E-state index in [1.807, 2.05) is 24.3 Å². The van der Waals surface area contributed by atoms with E-state index in [1.165, 1.54) is 33.9 Å². The Morgan fingerprint density at radius 3 is 2.42 bits per heavy atom. The van der Waals surface area contributed by atoms with Gasteiger partial charge in [-0.3, -0.25) is 0 Å². The standard InChI is InChI=1S/C27H27NO3/c1-17-14-18(2)23(19(3)15-17)16-31-26-13-5-4-8-22(26)20-9-6-10-21(20)24-11-7-12-25(28-24)27(29)30/h4-5,7-8,11-15H,6,9-10,16H2,1-3H3,(H,29,30). The van der Waals surface area contributed by atoms with Gasteiger partial charge >= 0.3 is 5.97 Å². The number of carboxylic acid groups (broad SMARTS) is 1. The quantitative estimate of drug-likeness (QED) is 0.509. The van der Waals surface area contributed by atoms with E-state index in [4.69, 9.17) is 4.74 Å². The number of para-hydroxylation sites is 1. The van der Waals surface area contributed by atoms with Crippen molar-refractivity contribution in [2.45, 2.75) is 46.6 Å². The Hall–Kier alpha value is -3.40. The molecule has 0 unspecified atom stereocenters. The number of hydrogen-bond acceptors (Lipinski definition) is 3. The zero-order valence-electron chi connectivity index (χ0n) is 18.2. The summed E-state index contributed by atoms with van der Waals surface area (Å²) in [7, 11) is 0. The maximum absolute atomic E-state index is 11.4. The Morgan fingerprint density at radius 2 is 1.68 bits per heavy atom. The van der Waals surface area contributed by atoms with Crippen LogP contribution in [0.15, 0.2) is 54.6 Å². The van der Waals surface area contributed by atoms with Crippen LogP contribution >= 0.6 is 0 Å². The monoisotopic (exact) mass is 413 g/mol. The topological polar surface area (TPSA) is 59.4 Å². The van der Waals surface area contributed by atoms with Crippen LogP contribution in [-0.2, 0) is 6.61 Å². The fourth-order valence-electron chi connectivity index (χ4n) is 4.47. The van der Waals surface area contributed by atoms with Gasteiger partial charge in [-0.05, 0) is 86.1 Å². The van der Waals surface area contributed by atoms with Gasteiger partial charge in [0.1, 0.15) is 18.1 Å². The van der Waals surface area contributed by atoms with E-state index in [-0.39, 0.29) is 5.69 Å². The summed E-state index contributed by atoms with van der Waals surface area (Å²) < 4.78 is 6.33. The van der Waals surface area contributed by atoms with Crippen molar-refractivity contribution in [3.05, 3.63) is 93.8 Å². The highest BCUT2D eigenvalue weighted by molar-refractivity contribution is 5.94. The molecule has 158 valence electrons. The smallest absolute Gasteiger partial charge is 0.354 e. The number of carboxylic acids is 1. The van der Waals surface area contributed by atoms with Crippen LogP contribution in [-0.4, -0.2) is 16.1 Å². The Balaban J connectivity index is 1.69. The van der Waals surface area contributed by atoms with Gasteiger partial charge in [-0.15, -0.1) is 0 Å². The molecule has 4 nitrogen and oxygen atoms in total. The molecule has 1 heterocycles. The lowest BCUT2D eigenvalue weighted by molar-refractivity contribution is 0.0690. The summed E-state index contributed by atoms with van der Waals surface area (Å²) in [6.07, 6.45) is 2.83. The van der Waals surface area contributed by atoms with Gasteiger partial charge < -0.3 is 9.84 Å². The molecule has 1 aliphatic carbocycles. The van der Waals surface area contributed by atoms with E-state index in [0.717, 1.165) is 41.8 Å². The summed E-state index contributed by atoms with van der Waals surface area (Å²) in [5, 5.41) is 9.32. The highest BCUT2D eigenvalue weighted by atomic mass is 16.5. The molecule has 0 bridgehead atoms. The SMILES string of the molecule is Cc1cc(C)c(COc2ccccc2C2=C(c3cccc(C(=O)O)n3)CCC2)c(C)c1. The van der Waals surface area contributed by atoms with Crippen LogP contribution in [0.25, 0.3) is 11.1 Å². The molecule has 31 heavy (non-hydrogen) atoms. The van der Waals surface area contributed by atoms with Crippen LogP contribution in [0.5, 0.6) is 5.75 Å². The zero-order valence-corrected chi connectivity index (χ0v) is 18.2. The summed E-state index contributed by atoms with van der Waals surface area (Å²) in [5.74, 6) is -0.153. The number of hydrogen-bond donors (Lipinski definition) is 1. The largest absolute Gasteiger partial charge is 0.488 e. The number of benzene rings is 2. The van der Waals surface area contributed by atoms with Crippen LogP contribution in [0.3, 0.4) is 0 Å². The first kappa shape index (κ1) is 20.9. The third-order valence-corrected chi connectivity index (χ3v) is 5.92.